The van der Waals surface area contributed by atoms with E-state index in [1.807, 2.05) is 85.2 Å². The largest absolute Gasteiger partial charge is 0.311 e. The number of pyridine rings is 4. The monoisotopic (exact) mass is 480 g/mol. The molecule has 0 aliphatic heterocycles. The molecular formula is C30H36N6. The second kappa shape index (κ2) is 12.2. The molecule has 186 valence electrons. The van der Waals surface area contributed by atoms with Crippen LogP contribution in [-0.4, -0.2) is 33.0 Å². The molecule has 0 aliphatic rings. The summed E-state index contributed by atoms with van der Waals surface area (Å²) in [5.74, 6) is 4.57. The molecule has 0 spiro atoms. The fourth-order valence-electron chi connectivity index (χ4n) is 3.95. The number of aromatic nitrogens is 4. The SMILES string of the molecule is CC[C@H](C)CN(c1ccccn1)c1cccc(-c2cccc(N(C[C@@H](C)CC)c3ccccn3)n2)n1. The Bertz CT molecular complexity index is 1120. The fourth-order valence-corrected chi connectivity index (χ4v) is 3.95. The number of rotatable bonds is 11. The Kier molecular flexibility index (Phi) is 8.61. The molecule has 6 heteroatoms. The van der Waals surface area contributed by atoms with Crippen LogP contribution in [0.3, 0.4) is 0 Å². The van der Waals surface area contributed by atoms with Crippen LogP contribution >= 0.6 is 0 Å². The molecule has 0 aliphatic carbocycles. The Balaban J connectivity index is 1.70. The summed E-state index contributed by atoms with van der Waals surface area (Å²) < 4.78 is 0. The zero-order valence-corrected chi connectivity index (χ0v) is 21.7. The lowest BCUT2D eigenvalue weighted by Crippen LogP contribution is -2.25. The third kappa shape index (κ3) is 6.25. The quantitative estimate of drug-likeness (QED) is 0.224. The highest BCUT2D eigenvalue weighted by Crippen LogP contribution is 2.29. The predicted molar refractivity (Wildman–Crippen MR) is 149 cm³/mol. The van der Waals surface area contributed by atoms with E-state index in [1.54, 1.807) is 0 Å². The molecule has 0 N–H and O–H groups in total. The highest BCUT2D eigenvalue weighted by atomic mass is 15.2. The van der Waals surface area contributed by atoms with Crippen molar-refractivity contribution in [1.82, 2.24) is 19.9 Å². The molecule has 0 radical (unpaired) electrons. The molecule has 0 unspecified atom stereocenters. The van der Waals surface area contributed by atoms with Gasteiger partial charge in [-0.05, 0) is 60.4 Å². The van der Waals surface area contributed by atoms with Gasteiger partial charge < -0.3 is 9.80 Å². The van der Waals surface area contributed by atoms with Gasteiger partial charge in [-0.15, -0.1) is 0 Å². The van der Waals surface area contributed by atoms with Crippen LogP contribution in [0, 0.1) is 11.8 Å². The van der Waals surface area contributed by atoms with Crippen molar-refractivity contribution in [1.29, 1.82) is 0 Å². The third-order valence-electron chi connectivity index (χ3n) is 6.52. The minimum absolute atomic E-state index is 0.506. The molecule has 4 aromatic rings. The molecule has 4 heterocycles. The molecular weight excluding hydrogens is 444 g/mol. The summed E-state index contributed by atoms with van der Waals surface area (Å²) in [6.07, 6.45) is 5.84. The van der Waals surface area contributed by atoms with Crippen molar-refractivity contribution in [3.63, 3.8) is 0 Å². The average Bonchev–Trinajstić information content (AvgIpc) is 2.95. The summed E-state index contributed by atoms with van der Waals surface area (Å²) in [6.45, 7) is 10.6. The number of hydrogen-bond donors (Lipinski definition) is 0. The van der Waals surface area contributed by atoms with E-state index in [4.69, 9.17) is 9.97 Å². The summed E-state index contributed by atoms with van der Waals surface area (Å²) in [5.41, 5.74) is 1.67. The van der Waals surface area contributed by atoms with Crippen molar-refractivity contribution in [3.8, 4) is 11.4 Å². The van der Waals surface area contributed by atoms with Crippen LogP contribution in [0.15, 0.2) is 85.2 Å². The molecule has 0 amide bonds. The van der Waals surface area contributed by atoms with E-state index in [0.29, 0.717) is 11.8 Å². The van der Waals surface area contributed by atoms with Gasteiger partial charge in [0, 0.05) is 25.5 Å². The van der Waals surface area contributed by atoms with E-state index in [0.717, 1.165) is 60.6 Å². The van der Waals surface area contributed by atoms with E-state index in [-0.39, 0.29) is 0 Å². The smallest absolute Gasteiger partial charge is 0.134 e. The lowest BCUT2D eigenvalue weighted by Gasteiger charge is -2.27. The van der Waals surface area contributed by atoms with Crippen molar-refractivity contribution in [2.24, 2.45) is 11.8 Å². The molecule has 6 nitrogen and oxygen atoms in total. The number of anilines is 4. The van der Waals surface area contributed by atoms with Gasteiger partial charge in [0.2, 0.25) is 0 Å². The maximum absolute atomic E-state index is 5.05. The van der Waals surface area contributed by atoms with Crippen molar-refractivity contribution >= 4 is 23.3 Å². The average molecular weight is 481 g/mol. The van der Waals surface area contributed by atoms with Crippen molar-refractivity contribution in [2.75, 3.05) is 22.9 Å². The third-order valence-corrected chi connectivity index (χ3v) is 6.52. The molecule has 0 saturated carbocycles. The van der Waals surface area contributed by atoms with Crippen molar-refractivity contribution in [3.05, 3.63) is 85.2 Å². The van der Waals surface area contributed by atoms with Crippen LogP contribution < -0.4 is 9.80 Å². The number of nitrogens with zero attached hydrogens (tertiary/aromatic N) is 6. The van der Waals surface area contributed by atoms with Crippen LogP contribution in [0.5, 0.6) is 0 Å². The maximum atomic E-state index is 5.05. The highest BCUT2D eigenvalue weighted by Gasteiger charge is 2.18. The molecule has 0 fully saturated rings. The fraction of sp³-hybridized carbons (Fsp3) is 0.333. The molecule has 4 rings (SSSR count). The molecule has 4 aromatic heterocycles. The van der Waals surface area contributed by atoms with Gasteiger partial charge in [-0.1, -0.05) is 64.8 Å². The van der Waals surface area contributed by atoms with Gasteiger partial charge in [-0.3, -0.25) is 0 Å². The Labute approximate surface area is 215 Å². The van der Waals surface area contributed by atoms with Gasteiger partial charge in [0.1, 0.15) is 23.3 Å². The molecule has 36 heavy (non-hydrogen) atoms. The topological polar surface area (TPSA) is 58.0 Å². The Morgan fingerprint density at radius 1 is 0.556 bits per heavy atom. The van der Waals surface area contributed by atoms with Crippen LogP contribution in [0.2, 0.25) is 0 Å². The van der Waals surface area contributed by atoms with Crippen molar-refractivity contribution < 1.29 is 0 Å². The molecule has 0 aromatic carbocycles. The van der Waals surface area contributed by atoms with E-state index in [2.05, 4.69) is 47.5 Å². The minimum atomic E-state index is 0.506. The first-order valence-electron chi connectivity index (χ1n) is 12.9. The summed E-state index contributed by atoms with van der Waals surface area (Å²) in [5, 5.41) is 0. The first-order valence-corrected chi connectivity index (χ1v) is 12.9. The molecule has 0 bridgehead atoms. The van der Waals surface area contributed by atoms with Gasteiger partial charge in [0.25, 0.3) is 0 Å². The van der Waals surface area contributed by atoms with Gasteiger partial charge in [-0.25, -0.2) is 19.9 Å². The van der Waals surface area contributed by atoms with Gasteiger partial charge in [0.05, 0.1) is 11.4 Å². The van der Waals surface area contributed by atoms with E-state index >= 15 is 0 Å². The van der Waals surface area contributed by atoms with Crippen LogP contribution in [-0.2, 0) is 0 Å². The second-order valence-corrected chi connectivity index (χ2v) is 9.39. The standard InChI is InChI=1S/C30H36N6/c1-5-23(3)21-35(27-15-7-9-19-31-27)29-17-11-13-25(33-29)26-14-12-18-30(34-26)36(22-24(4)6-2)28-16-8-10-20-32-28/h7-20,23-24H,5-6,21-22H2,1-4H3/t23-,24-/m0/s1. The van der Waals surface area contributed by atoms with Gasteiger partial charge >= 0.3 is 0 Å². The summed E-state index contributed by atoms with van der Waals surface area (Å²) in [7, 11) is 0. The van der Waals surface area contributed by atoms with E-state index in [1.165, 1.54) is 0 Å². The van der Waals surface area contributed by atoms with Gasteiger partial charge in [-0.2, -0.15) is 0 Å². The zero-order valence-electron chi connectivity index (χ0n) is 21.7. The Morgan fingerprint density at radius 2 is 0.972 bits per heavy atom. The summed E-state index contributed by atoms with van der Waals surface area (Å²) in [6, 6.07) is 24.2. The van der Waals surface area contributed by atoms with Crippen LogP contribution in [0.1, 0.15) is 40.5 Å². The first-order chi connectivity index (χ1) is 17.6. The van der Waals surface area contributed by atoms with Crippen LogP contribution in [0.25, 0.3) is 11.4 Å². The summed E-state index contributed by atoms with van der Waals surface area (Å²) >= 11 is 0. The number of hydrogen-bond acceptors (Lipinski definition) is 6. The van der Waals surface area contributed by atoms with Crippen molar-refractivity contribution in [2.45, 2.75) is 40.5 Å². The Hall–Kier alpha value is -3.80. The molecule has 2 atom stereocenters. The maximum Gasteiger partial charge on any atom is 0.134 e. The highest BCUT2D eigenvalue weighted by molar-refractivity contribution is 5.65. The lowest BCUT2D eigenvalue weighted by molar-refractivity contribution is 0.564. The summed E-state index contributed by atoms with van der Waals surface area (Å²) in [4.78, 5) is 23.7. The van der Waals surface area contributed by atoms with E-state index < -0.39 is 0 Å². The molecule has 0 saturated heterocycles. The first kappa shape index (κ1) is 25.3. The van der Waals surface area contributed by atoms with E-state index in [9.17, 15) is 0 Å². The van der Waals surface area contributed by atoms with Gasteiger partial charge in [0.15, 0.2) is 0 Å². The predicted octanol–water partition coefficient (Wildman–Crippen LogP) is 7.30. The Morgan fingerprint density at radius 3 is 1.33 bits per heavy atom. The second-order valence-electron chi connectivity index (χ2n) is 9.39. The lowest BCUT2D eigenvalue weighted by atomic mass is 10.1. The zero-order chi connectivity index (χ0) is 25.3. The normalized spacial score (nSPS) is 12.7. The minimum Gasteiger partial charge on any atom is -0.311 e. The van der Waals surface area contributed by atoms with Crippen LogP contribution in [0.4, 0.5) is 23.3 Å².